The molecule has 3 N–H and O–H groups in total. The molecule has 0 aromatic heterocycles. The van der Waals surface area contributed by atoms with Gasteiger partial charge in [0.2, 0.25) is 0 Å². The Bertz CT molecular complexity index is 459. The summed E-state index contributed by atoms with van der Waals surface area (Å²) in [6.45, 7) is 1.76. The summed E-state index contributed by atoms with van der Waals surface area (Å²) in [5, 5.41) is 22.3. The standard InChI is InChI=1S/C15H21NO3/c1-10-9-11(7-8-13(10)17)15(19)16-12-5-3-2-4-6-14(12)18/h7-9,12,14,17-18H,2-6H2,1H3,(H,16,19). The Morgan fingerprint density at radius 2 is 2.00 bits per heavy atom. The van der Waals surface area contributed by atoms with E-state index in [4.69, 9.17) is 0 Å². The van der Waals surface area contributed by atoms with E-state index in [-0.39, 0.29) is 17.7 Å². The van der Waals surface area contributed by atoms with Crippen LogP contribution < -0.4 is 5.32 Å². The lowest BCUT2D eigenvalue weighted by atomic mass is 10.0. The first-order valence-electron chi connectivity index (χ1n) is 6.86. The van der Waals surface area contributed by atoms with E-state index in [1.54, 1.807) is 19.1 Å². The van der Waals surface area contributed by atoms with Crippen LogP contribution in [0.5, 0.6) is 5.75 Å². The van der Waals surface area contributed by atoms with Gasteiger partial charge in [-0.25, -0.2) is 0 Å². The van der Waals surface area contributed by atoms with Crippen LogP contribution in [-0.2, 0) is 0 Å². The van der Waals surface area contributed by atoms with Gasteiger partial charge in [0.15, 0.2) is 0 Å². The van der Waals surface area contributed by atoms with E-state index in [0.29, 0.717) is 11.1 Å². The maximum absolute atomic E-state index is 12.1. The van der Waals surface area contributed by atoms with Gasteiger partial charge in [0.25, 0.3) is 5.91 Å². The van der Waals surface area contributed by atoms with Crippen molar-refractivity contribution >= 4 is 5.91 Å². The number of aliphatic hydroxyl groups is 1. The third-order valence-electron chi connectivity index (χ3n) is 3.75. The van der Waals surface area contributed by atoms with Gasteiger partial charge in [0.05, 0.1) is 12.1 Å². The van der Waals surface area contributed by atoms with Gasteiger partial charge in [0, 0.05) is 5.56 Å². The number of hydrogen-bond acceptors (Lipinski definition) is 3. The first kappa shape index (κ1) is 13.9. The number of rotatable bonds is 2. The van der Waals surface area contributed by atoms with Gasteiger partial charge in [0.1, 0.15) is 5.75 Å². The van der Waals surface area contributed by atoms with Crippen LogP contribution in [0.3, 0.4) is 0 Å². The molecule has 0 radical (unpaired) electrons. The number of carbonyl (C=O) groups is 1. The van der Waals surface area contributed by atoms with Crippen molar-refractivity contribution in [2.45, 2.75) is 51.2 Å². The monoisotopic (exact) mass is 263 g/mol. The Balaban J connectivity index is 2.05. The molecule has 2 atom stereocenters. The molecule has 0 spiro atoms. The molecular weight excluding hydrogens is 242 g/mol. The fourth-order valence-corrected chi connectivity index (χ4v) is 2.50. The molecule has 2 rings (SSSR count). The van der Waals surface area contributed by atoms with Gasteiger partial charge in [-0.05, 0) is 43.5 Å². The lowest BCUT2D eigenvalue weighted by Gasteiger charge is -2.21. The second-order valence-electron chi connectivity index (χ2n) is 5.29. The predicted octanol–water partition coefficient (Wildman–Crippen LogP) is 2.12. The minimum absolute atomic E-state index is 0.163. The topological polar surface area (TPSA) is 69.6 Å². The number of aryl methyl sites for hydroxylation is 1. The lowest BCUT2D eigenvalue weighted by Crippen LogP contribution is -2.42. The normalized spacial score (nSPS) is 23.7. The summed E-state index contributed by atoms with van der Waals surface area (Å²) < 4.78 is 0. The number of aliphatic hydroxyl groups excluding tert-OH is 1. The number of carbonyl (C=O) groups excluding carboxylic acids is 1. The fraction of sp³-hybridized carbons (Fsp3) is 0.533. The molecule has 1 aliphatic carbocycles. The third kappa shape index (κ3) is 3.47. The van der Waals surface area contributed by atoms with Crippen LogP contribution in [0.4, 0.5) is 0 Å². The zero-order valence-corrected chi connectivity index (χ0v) is 11.2. The Morgan fingerprint density at radius 3 is 2.74 bits per heavy atom. The SMILES string of the molecule is Cc1cc(C(=O)NC2CCCCCC2O)ccc1O. The van der Waals surface area contributed by atoms with E-state index in [2.05, 4.69) is 5.32 Å². The van der Waals surface area contributed by atoms with Gasteiger partial charge in [-0.2, -0.15) is 0 Å². The summed E-state index contributed by atoms with van der Waals surface area (Å²) in [7, 11) is 0. The van der Waals surface area contributed by atoms with Crippen molar-refractivity contribution in [2.75, 3.05) is 0 Å². The van der Waals surface area contributed by atoms with Crippen molar-refractivity contribution in [3.05, 3.63) is 29.3 Å². The maximum atomic E-state index is 12.1. The number of phenolic OH excluding ortho intramolecular Hbond substituents is 1. The summed E-state index contributed by atoms with van der Waals surface area (Å²) >= 11 is 0. The second kappa shape index (κ2) is 6.06. The molecule has 0 heterocycles. The number of benzene rings is 1. The van der Waals surface area contributed by atoms with E-state index in [0.717, 1.165) is 32.1 Å². The molecule has 4 heteroatoms. The summed E-state index contributed by atoms with van der Waals surface area (Å²) in [5.74, 6) is 0.0000936. The highest BCUT2D eigenvalue weighted by Crippen LogP contribution is 2.20. The minimum Gasteiger partial charge on any atom is -0.508 e. The fourth-order valence-electron chi connectivity index (χ4n) is 2.50. The number of nitrogens with one attached hydrogen (secondary N) is 1. The van der Waals surface area contributed by atoms with Crippen LogP contribution in [0.2, 0.25) is 0 Å². The molecule has 1 saturated carbocycles. The van der Waals surface area contributed by atoms with Crippen molar-refractivity contribution in [3.63, 3.8) is 0 Å². The van der Waals surface area contributed by atoms with E-state index in [9.17, 15) is 15.0 Å². The predicted molar refractivity (Wildman–Crippen MR) is 73.2 cm³/mol. The van der Waals surface area contributed by atoms with E-state index < -0.39 is 6.10 Å². The Morgan fingerprint density at radius 1 is 1.26 bits per heavy atom. The molecule has 2 unspecified atom stereocenters. The number of amides is 1. The zero-order chi connectivity index (χ0) is 13.8. The van der Waals surface area contributed by atoms with E-state index in [1.165, 1.54) is 6.07 Å². The molecule has 1 aromatic carbocycles. The quantitative estimate of drug-likeness (QED) is 0.716. The van der Waals surface area contributed by atoms with Crippen LogP contribution in [0.1, 0.15) is 48.0 Å². The molecule has 104 valence electrons. The van der Waals surface area contributed by atoms with Crippen molar-refractivity contribution in [1.29, 1.82) is 0 Å². The molecule has 1 aromatic rings. The molecule has 1 amide bonds. The smallest absolute Gasteiger partial charge is 0.251 e. The number of phenols is 1. The van der Waals surface area contributed by atoms with Crippen LogP contribution in [0.15, 0.2) is 18.2 Å². The molecule has 4 nitrogen and oxygen atoms in total. The summed E-state index contributed by atoms with van der Waals surface area (Å²) in [6.07, 6.45) is 4.29. The molecular formula is C15H21NO3. The van der Waals surface area contributed by atoms with Crippen LogP contribution >= 0.6 is 0 Å². The molecule has 1 aliphatic rings. The first-order valence-corrected chi connectivity index (χ1v) is 6.86. The highest BCUT2D eigenvalue weighted by atomic mass is 16.3. The molecule has 0 bridgehead atoms. The Kier molecular flexibility index (Phi) is 4.43. The van der Waals surface area contributed by atoms with Crippen molar-refractivity contribution in [2.24, 2.45) is 0 Å². The molecule has 19 heavy (non-hydrogen) atoms. The summed E-state index contributed by atoms with van der Waals surface area (Å²) in [4.78, 5) is 12.1. The summed E-state index contributed by atoms with van der Waals surface area (Å²) in [5.41, 5.74) is 1.20. The van der Waals surface area contributed by atoms with Crippen molar-refractivity contribution in [3.8, 4) is 5.75 Å². The minimum atomic E-state index is -0.454. The number of aromatic hydroxyl groups is 1. The van der Waals surface area contributed by atoms with Gasteiger partial charge in [-0.3, -0.25) is 4.79 Å². The lowest BCUT2D eigenvalue weighted by molar-refractivity contribution is 0.0818. The molecule has 0 saturated heterocycles. The van der Waals surface area contributed by atoms with Crippen LogP contribution in [0, 0.1) is 6.92 Å². The van der Waals surface area contributed by atoms with Crippen LogP contribution in [0.25, 0.3) is 0 Å². The number of hydrogen-bond donors (Lipinski definition) is 3. The van der Waals surface area contributed by atoms with Gasteiger partial charge < -0.3 is 15.5 Å². The second-order valence-corrected chi connectivity index (χ2v) is 5.29. The van der Waals surface area contributed by atoms with E-state index >= 15 is 0 Å². The maximum Gasteiger partial charge on any atom is 0.251 e. The molecule has 0 aliphatic heterocycles. The highest BCUT2D eigenvalue weighted by molar-refractivity contribution is 5.94. The Hall–Kier alpha value is -1.55. The highest BCUT2D eigenvalue weighted by Gasteiger charge is 2.23. The van der Waals surface area contributed by atoms with Crippen molar-refractivity contribution in [1.82, 2.24) is 5.32 Å². The summed E-state index contributed by atoms with van der Waals surface area (Å²) in [6, 6.07) is 4.62. The zero-order valence-electron chi connectivity index (χ0n) is 11.2. The first-order chi connectivity index (χ1) is 9.08. The molecule has 1 fully saturated rings. The average Bonchev–Trinajstić information content (AvgIpc) is 2.58. The average molecular weight is 263 g/mol. The third-order valence-corrected chi connectivity index (χ3v) is 3.75. The van der Waals surface area contributed by atoms with Gasteiger partial charge in [-0.15, -0.1) is 0 Å². The largest absolute Gasteiger partial charge is 0.508 e. The van der Waals surface area contributed by atoms with E-state index in [1.807, 2.05) is 0 Å². The van der Waals surface area contributed by atoms with Crippen LogP contribution in [-0.4, -0.2) is 28.3 Å². The van der Waals surface area contributed by atoms with Gasteiger partial charge >= 0.3 is 0 Å². The van der Waals surface area contributed by atoms with Crippen molar-refractivity contribution < 1.29 is 15.0 Å². The van der Waals surface area contributed by atoms with Gasteiger partial charge in [-0.1, -0.05) is 19.3 Å². The Labute approximate surface area is 113 Å².